The molecular weight excluding hydrogens is 335 g/mol. The van der Waals surface area contributed by atoms with Crippen LogP contribution in [0.1, 0.15) is 17.2 Å². The molecule has 0 spiro atoms. The number of rotatable bonds is 4. The standard InChI is InChI=1S/C15H13Cl3O3/c1-20-13-6-10(12(18)7-14(13)21-2)15(19)9-4-3-8(16)5-11(9)17/h3-7,15,19H,1-2H3. The maximum absolute atomic E-state index is 10.5. The van der Waals surface area contributed by atoms with E-state index in [-0.39, 0.29) is 0 Å². The second-order valence-electron chi connectivity index (χ2n) is 4.30. The number of aliphatic hydroxyl groups excluding tert-OH is 1. The first kappa shape index (κ1) is 16.2. The van der Waals surface area contributed by atoms with E-state index in [0.29, 0.717) is 37.7 Å². The van der Waals surface area contributed by atoms with E-state index in [9.17, 15) is 5.11 Å². The monoisotopic (exact) mass is 346 g/mol. The molecule has 0 aromatic heterocycles. The van der Waals surface area contributed by atoms with E-state index in [2.05, 4.69) is 0 Å². The van der Waals surface area contributed by atoms with Crippen LogP contribution in [0.4, 0.5) is 0 Å². The molecule has 1 unspecified atom stereocenters. The second-order valence-corrected chi connectivity index (χ2v) is 5.55. The summed E-state index contributed by atoms with van der Waals surface area (Å²) in [6.07, 6.45) is -0.998. The average Bonchev–Trinajstić information content (AvgIpc) is 2.46. The third-order valence-electron chi connectivity index (χ3n) is 3.05. The lowest BCUT2D eigenvalue weighted by molar-refractivity contribution is 0.219. The number of aliphatic hydroxyl groups is 1. The third kappa shape index (κ3) is 3.38. The Kier molecular flexibility index (Phi) is 5.22. The Hall–Kier alpha value is -1.13. The van der Waals surface area contributed by atoms with E-state index < -0.39 is 6.10 Å². The maximum Gasteiger partial charge on any atom is 0.162 e. The molecule has 0 saturated carbocycles. The summed E-state index contributed by atoms with van der Waals surface area (Å²) in [5.74, 6) is 0.960. The predicted octanol–water partition coefficient (Wildman–Crippen LogP) is 4.75. The van der Waals surface area contributed by atoms with Crippen LogP contribution in [0.3, 0.4) is 0 Å². The Bertz CT molecular complexity index is 659. The van der Waals surface area contributed by atoms with Crippen molar-refractivity contribution in [2.24, 2.45) is 0 Å². The number of ether oxygens (including phenoxy) is 2. The highest BCUT2D eigenvalue weighted by molar-refractivity contribution is 6.35. The Morgan fingerprint density at radius 2 is 1.43 bits per heavy atom. The lowest BCUT2D eigenvalue weighted by Crippen LogP contribution is -2.03. The fraction of sp³-hybridized carbons (Fsp3) is 0.200. The summed E-state index contributed by atoms with van der Waals surface area (Å²) in [4.78, 5) is 0. The Morgan fingerprint density at radius 1 is 0.857 bits per heavy atom. The van der Waals surface area contributed by atoms with Crippen LogP contribution in [-0.4, -0.2) is 19.3 Å². The average molecular weight is 348 g/mol. The molecule has 112 valence electrons. The SMILES string of the molecule is COc1cc(Cl)c(C(O)c2ccc(Cl)cc2Cl)cc1OC. The van der Waals surface area contributed by atoms with E-state index in [1.165, 1.54) is 14.2 Å². The molecule has 2 aromatic rings. The fourth-order valence-corrected chi connectivity index (χ4v) is 2.74. The topological polar surface area (TPSA) is 38.7 Å². The molecule has 1 N–H and O–H groups in total. The van der Waals surface area contributed by atoms with Crippen molar-refractivity contribution in [2.45, 2.75) is 6.10 Å². The first-order valence-electron chi connectivity index (χ1n) is 6.02. The van der Waals surface area contributed by atoms with Crippen LogP contribution < -0.4 is 9.47 Å². The van der Waals surface area contributed by atoms with Crippen molar-refractivity contribution in [2.75, 3.05) is 14.2 Å². The van der Waals surface area contributed by atoms with Gasteiger partial charge in [-0.15, -0.1) is 0 Å². The highest BCUT2D eigenvalue weighted by Crippen LogP contribution is 2.39. The zero-order valence-corrected chi connectivity index (χ0v) is 13.6. The molecule has 0 saturated heterocycles. The smallest absolute Gasteiger partial charge is 0.162 e. The molecule has 2 rings (SSSR count). The Labute approximate surface area is 138 Å². The Balaban J connectivity index is 2.50. The number of hydrogen-bond acceptors (Lipinski definition) is 3. The highest BCUT2D eigenvalue weighted by atomic mass is 35.5. The van der Waals surface area contributed by atoms with Crippen LogP contribution in [0.5, 0.6) is 11.5 Å². The largest absolute Gasteiger partial charge is 0.493 e. The van der Waals surface area contributed by atoms with Crippen molar-refractivity contribution in [3.8, 4) is 11.5 Å². The van der Waals surface area contributed by atoms with Crippen LogP contribution in [0, 0.1) is 0 Å². The molecule has 0 amide bonds. The van der Waals surface area contributed by atoms with Gasteiger partial charge >= 0.3 is 0 Å². The minimum Gasteiger partial charge on any atom is -0.493 e. The summed E-state index contributed by atoms with van der Waals surface area (Å²) in [7, 11) is 3.03. The van der Waals surface area contributed by atoms with Crippen molar-refractivity contribution in [1.82, 2.24) is 0 Å². The molecule has 0 aliphatic rings. The molecule has 1 atom stereocenters. The third-order valence-corrected chi connectivity index (χ3v) is 3.94. The lowest BCUT2D eigenvalue weighted by atomic mass is 10.0. The van der Waals surface area contributed by atoms with Gasteiger partial charge in [0, 0.05) is 27.2 Å². The summed E-state index contributed by atoms with van der Waals surface area (Å²) in [6.45, 7) is 0. The van der Waals surface area contributed by atoms with Crippen molar-refractivity contribution in [1.29, 1.82) is 0 Å². The lowest BCUT2D eigenvalue weighted by Gasteiger charge is -2.17. The highest BCUT2D eigenvalue weighted by Gasteiger charge is 2.20. The molecule has 6 heteroatoms. The van der Waals surface area contributed by atoms with E-state index in [0.717, 1.165) is 0 Å². The maximum atomic E-state index is 10.5. The van der Waals surface area contributed by atoms with Gasteiger partial charge in [0.25, 0.3) is 0 Å². The molecular formula is C15H13Cl3O3. The van der Waals surface area contributed by atoms with Gasteiger partial charge in [-0.25, -0.2) is 0 Å². The van der Waals surface area contributed by atoms with Crippen molar-refractivity contribution in [3.05, 3.63) is 56.5 Å². The van der Waals surface area contributed by atoms with Crippen LogP contribution in [-0.2, 0) is 0 Å². The van der Waals surface area contributed by atoms with Gasteiger partial charge in [0.1, 0.15) is 6.10 Å². The van der Waals surface area contributed by atoms with Crippen LogP contribution in [0.2, 0.25) is 15.1 Å². The molecule has 0 heterocycles. The Morgan fingerprint density at radius 3 is 2.00 bits per heavy atom. The van der Waals surface area contributed by atoms with Crippen molar-refractivity contribution in [3.63, 3.8) is 0 Å². The first-order valence-corrected chi connectivity index (χ1v) is 7.15. The van der Waals surface area contributed by atoms with Gasteiger partial charge in [0.05, 0.1) is 19.2 Å². The minimum atomic E-state index is -0.998. The van der Waals surface area contributed by atoms with Gasteiger partial charge in [-0.2, -0.15) is 0 Å². The van der Waals surface area contributed by atoms with Crippen LogP contribution >= 0.6 is 34.8 Å². The number of hydrogen-bond donors (Lipinski definition) is 1. The van der Waals surface area contributed by atoms with Gasteiger partial charge in [-0.05, 0) is 18.2 Å². The van der Waals surface area contributed by atoms with E-state index in [4.69, 9.17) is 44.3 Å². The number of methoxy groups -OCH3 is 2. The summed E-state index contributed by atoms with van der Waals surface area (Å²) in [5, 5.41) is 11.7. The first-order chi connectivity index (χ1) is 9.97. The fourth-order valence-electron chi connectivity index (χ4n) is 1.97. The zero-order chi connectivity index (χ0) is 15.6. The van der Waals surface area contributed by atoms with Gasteiger partial charge in [-0.1, -0.05) is 40.9 Å². The number of halogens is 3. The van der Waals surface area contributed by atoms with E-state index in [1.807, 2.05) is 0 Å². The van der Waals surface area contributed by atoms with Gasteiger partial charge in [0.15, 0.2) is 11.5 Å². The predicted molar refractivity (Wildman–Crippen MR) is 85.1 cm³/mol. The number of benzene rings is 2. The normalized spacial score (nSPS) is 12.1. The van der Waals surface area contributed by atoms with Crippen LogP contribution in [0.15, 0.2) is 30.3 Å². The molecule has 21 heavy (non-hydrogen) atoms. The van der Waals surface area contributed by atoms with Crippen molar-refractivity contribution >= 4 is 34.8 Å². The molecule has 0 radical (unpaired) electrons. The van der Waals surface area contributed by atoms with Gasteiger partial charge < -0.3 is 14.6 Å². The van der Waals surface area contributed by atoms with Gasteiger partial charge in [0.2, 0.25) is 0 Å². The molecule has 0 aliphatic carbocycles. The quantitative estimate of drug-likeness (QED) is 0.867. The summed E-state index contributed by atoms with van der Waals surface area (Å²) >= 11 is 18.2. The van der Waals surface area contributed by atoms with Gasteiger partial charge in [-0.3, -0.25) is 0 Å². The molecule has 0 aliphatic heterocycles. The molecule has 2 aromatic carbocycles. The van der Waals surface area contributed by atoms with Crippen LogP contribution in [0.25, 0.3) is 0 Å². The van der Waals surface area contributed by atoms with E-state index in [1.54, 1.807) is 30.3 Å². The minimum absolute atomic E-state index is 0.353. The zero-order valence-electron chi connectivity index (χ0n) is 11.4. The summed E-state index contributed by atoms with van der Waals surface area (Å²) < 4.78 is 10.4. The van der Waals surface area contributed by atoms with E-state index >= 15 is 0 Å². The summed E-state index contributed by atoms with van der Waals surface area (Å²) in [6, 6.07) is 8.08. The summed E-state index contributed by atoms with van der Waals surface area (Å²) in [5.41, 5.74) is 0.980. The molecule has 0 bridgehead atoms. The van der Waals surface area contributed by atoms with Crippen molar-refractivity contribution < 1.29 is 14.6 Å². The second kappa shape index (κ2) is 6.75. The molecule has 3 nitrogen and oxygen atoms in total. The molecule has 0 fully saturated rings.